The van der Waals surface area contributed by atoms with E-state index in [0.29, 0.717) is 6.54 Å². The summed E-state index contributed by atoms with van der Waals surface area (Å²) < 4.78 is 5.27. The van der Waals surface area contributed by atoms with Gasteiger partial charge in [0.1, 0.15) is 6.04 Å². The standard InChI is InChI=1S/C15H22N2O2/c1-4-13-16-14(12-8-6-5-7-9-12)15(18)17(13)10-11(2)19-3/h5-9,11,13-14,16H,4,10H2,1-3H3. The molecular weight excluding hydrogens is 240 g/mol. The molecule has 0 saturated carbocycles. The molecule has 1 aromatic rings. The van der Waals surface area contributed by atoms with Gasteiger partial charge in [-0.05, 0) is 18.9 Å². The zero-order chi connectivity index (χ0) is 13.8. The van der Waals surface area contributed by atoms with Gasteiger partial charge in [0.05, 0.1) is 12.3 Å². The maximum atomic E-state index is 12.5. The first-order valence-corrected chi connectivity index (χ1v) is 6.81. The normalized spacial score (nSPS) is 24.8. The van der Waals surface area contributed by atoms with Crippen molar-refractivity contribution in [2.75, 3.05) is 13.7 Å². The minimum Gasteiger partial charge on any atom is -0.380 e. The van der Waals surface area contributed by atoms with Gasteiger partial charge in [-0.15, -0.1) is 0 Å². The van der Waals surface area contributed by atoms with Gasteiger partial charge in [-0.1, -0.05) is 37.3 Å². The summed E-state index contributed by atoms with van der Waals surface area (Å²) in [6.07, 6.45) is 1.04. The average Bonchev–Trinajstić information content (AvgIpc) is 2.76. The number of carbonyl (C=O) groups excluding carboxylic acids is 1. The molecule has 1 amide bonds. The minimum atomic E-state index is -0.227. The number of nitrogens with zero attached hydrogens (tertiary/aromatic N) is 1. The van der Waals surface area contributed by atoms with E-state index in [9.17, 15) is 4.79 Å². The van der Waals surface area contributed by atoms with Gasteiger partial charge in [0.2, 0.25) is 5.91 Å². The summed E-state index contributed by atoms with van der Waals surface area (Å²) in [7, 11) is 1.67. The molecule has 1 saturated heterocycles. The molecule has 1 aliphatic heterocycles. The molecule has 4 nitrogen and oxygen atoms in total. The Morgan fingerprint density at radius 3 is 2.63 bits per heavy atom. The third kappa shape index (κ3) is 2.96. The van der Waals surface area contributed by atoms with Crippen LogP contribution in [0.4, 0.5) is 0 Å². The third-order valence-electron chi connectivity index (χ3n) is 3.64. The second-order valence-corrected chi connectivity index (χ2v) is 4.97. The monoisotopic (exact) mass is 262 g/mol. The molecule has 0 bridgehead atoms. The minimum absolute atomic E-state index is 0.0503. The highest BCUT2D eigenvalue weighted by Crippen LogP contribution is 2.25. The van der Waals surface area contributed by atoms with E-state index in [2.05, 4.69) is 12.2 Å². The molecule has 0 spiro atoms. The van der Waals surface area contributed by atoms with Crippen molar-refractivity contribution in [3.05, 3.63) is 35.9 Å². The Balaban J connectivity index is 2.15. The Hall–Kier alpha value is -1.39. The summed E-state index contributed by atoms with van der Waals surface area (Å²) in [6.45, 7) is 4.70. The zero-order valence-corrected chi connectivity index (χ0v) is 11.8. The molecule has 2 rings (SSSR count). The summed E-state index contributed by atoms with van der Waals surface area (Å²) >= 11 is 0. The van der Waals surface area contributed by atoms with Gasteiger partial charge in [-0.2, -0.15) is 0 Å². The Morgan fingerprint density at radius 2 is 2.05 bits per heavy atom. The SMILES string of the molecule is CCC1NC(c2ccccc2)C(=O)N1CC(C)OC. The molecule has 0 radical (unpaired) electrons. The summed E-state index contributed by atoms with van der Waals surface area (Å²) in [5.74, 6) is 0.141. The van der Waals surface area contributed by atoms with Crippen LogP contribution in [0, 0.1) is 0 Å². The van der Waals surface area contributed by atoms with Crippen molar-refractivity contribution in [3.63, 3.8) is 0 Å². The number of ether oxygens (including phenoxy) is 1. The largest absolute Gasteiger partial charge is 0.380 e. The van der Waals surface area contributed by atoms with Gasteiger partial charge in [-0.25, -0.2) is 0 Å². The summed E-state index contributed by atoms with van der Waals surface area (Å²) in [4.78, 5) is 14.4. The highest BCUT2D eigenvalue weighted by atomic mass is 16.5. The smallest absolute Gasteiger partial charge is 0.245 e. The second kappa shape index (κ2) is 6.17. The van der Waals surface area contributed by atoms with Crippen molar-refractivity contribution in [2.24, 2.45) is 0 Å². The van der Waals surface area contributed by atoms with Crippen LogP contribution in [0.3, 0.4) is 0 Å². The molecule has 0 aromatic heterocycles. The van der Waals surface area contributed by atoms with E-state index in [-0.39, 0.29) is 24.2 Å². The quantitative estimate of drug-likeness (QED) is 0.881. The highest BCUT2D eigenvalue weighted by Gasteiger charge is 2.38. The number of amides is 1. The van der Waals surface area contributed by atoms with Gasteiger partial charge >= 0.3 is 0 Å². The van der Waals surface area contributed by atoms with Crippen LogP contribution >= 0.6 is 0 Å². The molecule has 1 aromatic carbocycles. The average molecular weight is 262 g/mol. The lowest BCUT2D eigenvalue weighted by Gasteiger charge is -2.25. The lowest BCUT2D eigenvalue weighted by atomic mass is 10.1. The van der Waals surface area contributed by atoms with E-state index in [1.54, 1.807) is 7.11 Å². The van der Waals surface area contributed by atoms with Crippen LogP contribution in [0.15, 0.2) is 30.3 Å². The number of benzene rings is 1. The predicted molar refractivity (Wildman–Crippen MR) is 74.6 cm³/mol. The van der Waals surface area contributed by atoms with Gasteiger partial charge in [0.25, 0.3) is 0 Å². The lowest BCUT2D eigenvalue weighted by molar-refractivity contribution is -0.131. The van der Waals surface area contributed by atoms with E-state index < -0.39 is 0 Å². The van der Waals surface area contributed by atoms with Gasteiger partial charge < -0.3 is 9.64 Å². The molecule has 3 unspecified atom stereocenters. The predicted octanol–water partition coefficient (Wildman–Crippen LogP) is 1.93. The number of nitrogens with one attached hydrogen (secondary N) is 1. The van der Waals surface area contributed by atoms with E-state index in [4.69, 9.17) is 4.74 Å². The Bertz CT molecular complexity index is 421. The fourth-order valence-electron chi connectivity index (χ4n) is 2.46. The molecule has 1 N–H and O–H groups in total. The van der Waals surface area contributed by atoms with Crippen molar-refractivity contribution >= 4 is 5.91 Å². The number of rotatable bonds is 5. The van der Waals surface area contributed by atoms with Crippen molar-refractivity contribution in [1.29, 1.82) is 0 Å². The zero-order valence-electron chi connectivity index (χ0n) is 11.8. The summed E-state index contributed by atoms with van der Waals surface area (Å²) in [6, 6.07) is 9.65. The van der Waals surface area contributed by atoms with Crippen molar-refractivity contribution in [3.8, 4) is 0 Å². The molecule has 0 aliphatic carbocycles. The van der Waals surface area contributed by atoms with E-state index in [1.165, 1.54) is 0 Å². The molecule has 1 heterocycles. The second-order valence-electron chi connectivity index (χ2n) is 4.97. The van der Waals surface area contributed by atoms with Crippen LogP contribution in [0.25, 0.3) is 0 Å². The first kappa shape index (κ1) is 14.0. The molecular formula is C15H22N2O2. The fraction of sp³-hybridized carbons (Fsp3) is 0.533. The molecule has 1 aliphatic rings. The van der Waals surface area contributed by atoms with Crippen molar-refractivity contribution in [1.82, 2.24) is 10.2 Å². The van der Waals surface area contributed by atoms with Crippen molar-refractivity contribution in [2.45, 2.75) is 38.6 Å². The molecule has 19 heavy (non-hydrogen) atoms. The first-order valence-electron chi connectivity index (χ1n) is 6.81. The van der Waals surface area contributed by atoms with E-state index in [1.807, 2.05) is 42.2 Å². The maximum Gasteiger partial charge on any atom is 0.245 e. The van der Waals surface area contributed by atoms with Gasteiger partial charge in [0.15, 0.2) is 0 Å². The Morgan fingerprint density at radius 1 is 1.37 bits per heavy atom. The van der Waals surface area contributed by atoms with Crippen LogP contribution in [0.1, 0.15) is 31.9 Å². The molecule has 1 fully saturated rings. The first-order chi connectivity index (χ1) is 9.17. The van der Waals surface area contributed by atoms with Crippen LogP contribution in [0.2, 0.25) is 0 Å². The third-order valence-corrected chi connectivity index (χ3v) is 3.64. The molecule has 4 heteroatoms. The lowest BCUT2D eigenvalue weighted by Crippen LogP contribution is -2.41. The summed E-state index contributed by atoms with van der Waals surface area (Å²) in [5.41, 5.74) is 1.03. The number of carbonyl (C=O) groups is 1. The van der Waals surface area contributed by atoms with Crippen LogP contribution in [0.5, 0.6) is 0 Å². The van der Waals surface area contributed by atoms with Crippen molar-refractivity contribution < 1.29 is 9.53 Å². The van der Waals surface area contributed by atoms with Gasteiger partial charge in [0, 0.05) is 13.7 Å². The number of hydrogen-bond donors (Lipinski definition) is 1. The van der Waals surface area contributed by atoms with E-state index >= 15 is 0 Å². The molecule has 3 atom stereocenters. The topological polar surface area (TPSA) is 41.6 Å². The maximum absolute atomic E-state index is 12.5. The van der Waals surface area contributed by atoms with Gasteiger partial charge in [-0.3, -0.25) is 10.1 Å². The summed E-state index contributed by atoms with van der Waals surface area (Å²) in [5, 5.41) is 3.41. The van der Waals surface area contributed by atoms with Crippen LogP contribution < -0.4 is 5.32 Å². The van der Waals surface area contributed by atoms with Crippen LogP contribution in [-0.2, 0) is 9.53 Å². The van der Waals surface area contributed by atoms with E-state index in [0.717, 1.165) is 12.0 Å². The fourth-order valence-corrected chi connectivity index (χ4v) is 2.46. The number of methoxy groups -OCH3 is 1. The highest BCUT2D eigenvalue weighted by molar-refractivity contribution is 5.85. The number of hydrogen-bond acceptors (Lipinski definition) is 3. The Kier molecular flexibility index (Phi) is 4.56. The van der Waals surface area contributed by atoms with Crippen LogP contribution in [-0.4, -0.2) is 36.7 Å². The Labute approximate surface area is 114 Å². The molecule has 104 valence electrons.